The number of nitrogens with one attached hydrogen (secondary N) is 1. The second-order valence-corrected chi connectivity index (χ2v) is 9.84. The van der Waals surface area contributed by atoms with E-state index in [4.69, 9.17) is 23.2 Å². The number of carbonyl (C=O) groups excluding carboxylic acids is 2. The molecule has 148 valence electrons. The number of hydrogen-bond donors (Lipinski definition) is 1. The van der Waals surface area contributed by atoms with Gasteiger partial charge in [0.2, 0.25) is 15.9 Å². The third-order valence-electron chi connectivity index (χ3n) is 4.38. The zero-order valence-corrected chi connectivity index (χ0v) is 17.5. The third-order valence-corrected chi connectivity index (χ3v) is 6.98. The number of carbonyl (C=O) groups is 2. The van der Waals surface area contributed by atoms with Gasteiger partial charge in [-0.05, 0) is 49.7 Å². The summed E-state index contributed by atoms with van der Waals surface area (Å²) in [7, 11) is -3.82. The van der Waals surface area contributed by atoms with E-state index in [0.29, 0.717) is 5.02 Å². The summed E-state index contributed by atoms with van der Waals surface area (Å²) in [6, 6.07) is 11.1. The molecule has 1 aliphatic rings. The van der Waals surface area contributed by atoms with Crippen molar-refractivity contribution in [2.45, 2.75) is 20.4 Å². The second-order valence-electron chi connectivity index (χ2n) is 7.18. The van der Waals surface area contributed by atoms with Gasteiger partial charge in [-0.1, -0.05) is 35.3 Å². The van der Waals surface area contributed by atoms with Crippen molar-refractivity contribution in [2.75, 3.05) is 10.1 Å². The topological polar surface area (TPSA) is 83.6 Å². The maximum atomic E-state index is 12.6. The van der Waals surface area contributed by atoms with Crippen LogP contribution in [0.4, 0.5) is 5.69 Å². The van der Waals surface area contributed by atoms with Crippen molar-refractivity contribution < 1.29 is 18.0 Å². The lowest BCUT2D eigenvalue weighted by atomic mass is 9.95. The molecule has 0 spiro atoms. The van der Waals surface area contributed by atoms with Crippen molar-refractivity contribution in [1.82, 2.24) is 5.32 Å². The van der Waals surface area contributed by atoms with Crippen molar-refractivity contribution in [3.8, 4) is 0 Å². The maximum Gasteiger partial charge on any atom is 0.253 e. The highest BCUT2D eigenvalue weighted by atomic mass is 35.5. The highest BCUT2D eigenvalue weighted by Gasteiger charge is 2.50. The van der Waals surface area contributed by atoms with E-state index in [9.17, 15) is 18.0 Å². The maximum absolute atomic E-state index is 12.6. The van der Waals surface area contributed by atoms with E-state index < -0.39 is 27.3 Å². The lowest BCUT2D eigenvalue weighted by Gasteiger charge is -2.18. The number of amides is 2. The van der Waals surface area contributed by atoms with E-state index in [1.165, 1.54) is 18.2 Å². The molecule has 1 N–H and O–H groups in total. The predicted octanol–water partition coefficient (Wildman–Crippen LogP) is 3.63. The minimum Gasteiger partial charge on any atom is -0.348 e. The predicted molar refractivity (Wildman–Crippen MR) is 109 cm³/mol. The highest BCUT2D eigenvalue weighted by molar-refractivity contribution is 7.94. The lowest BCUT2D eigenvalue weighted by Crippen LogP contribution is -2.33. The minimum absolute atomic E-state index is 0.0841. The van der Waals surface area contributed by atoms with Gasteiger partial charge < -0.3 is 5.32 Å². The van der Waals surface area contributed by atoms with E-state index in [1.54, 1.807) is 38.1 Å². The third kappa shape index (κ3) is 4.01. The van der Waals surface area contributed by atoms with Gasteiger partial charge in [-0.25, -0.2) is 12.7 Å². The van der Waals surface area contributed by atoms with Gasteiger partial charge in [0.25, 0.3) is 5.91 Å². The first-order valence-electron chi connectivity index (χ1n) is 8.41. The van der Waals surface area contributed by atoms with E-state index >= 15 is 0 Å². The van der Waals surface area contributed by atoms with Crippen molar-refractivity contribution in [3.63, 3.8) is 0 Å². The molecule has 0 aromatic heterocycles. The van der Waals surface area contributed by atoms with Crippen LogP contribution in [0.2, 0.25) is 10.0 Å². The monoisotopic (exact) mass is 440 g/mol. The molecule has 0 bridgehead atoms. The quantitative estimate of drug-likeness (QED) is 0.786. The van der Waals surface area contributed by atoms with Crippen molar-refractivity contribution >= 4 is 50.7 Å². The van der Waals surface area contributed by atoms with Crippen molar-refractivity contribution in [2.24, 2.45) is 5.41 Å². The molecular formula is C19H18Cl2N2O4S. The summed E-state index contributed by atoms with van der Waals surface area (Å²) in [5, 5.41) is 3.46. The molecule has 0 aliphatic carbocycles. The summed E-state index contributed by atoms with van der Waals surface area (Å²) in [6.07, 6.45) is 0. The summed E-state index contributed by atoms with van der Waals surface area (Å²) in [6.45, 7) is 3.38. The second kappa shape index (κ2) is 7.39. The van der Waals surface area contributed by atoms with Gasteiger partial charge >= 0.3 is 0 Å². The molecule has 0 unspecified atom stereocenters. The minimum atomic E-state index is -3.82. The average Bonchev–Trinajstić information content (AvgIpc) is 2.78. The van der Waals surface area contributed by atoms with E-state index in [-0.39, 0.29) is 28.6 Å². The van der Waals surface area contributed by atoms with Crippen molar-refractivity contribution in [3.05, 3.63) is 63.6 Å². The van der Waals surface area contributed by atoms with Gasteiger partial charge in [0.05, 0.1) is 27.4 Å². The van der Waals surface area contributed by atoms with E-state index in [2.05, 4.69) is 5.32 Å². The molecular weight excluding hydrogens is 423 g/mol. The van der Waals surface area contributed by atoms with E-state index in [0.717, 1.165) is 9.87 Å². The van der Waals surface area contributed by atoms with Crippen LogP contribution in [0, 0.1) is 5.41 Å². The van der Waals surface area contributed by atoms with Gasteiger partial charge in [0.15, 0.2) is 0 Å². The Bertz CT molecular complexity index is 1050. The molecule has 0 atom stereocenters. The van der Waals surface area contributed by atoms with Crippen LogP contribution in [0.1, 0.15) is 29.8 Å². The number of nitrogens with zero attached hydrogens (tertiary/aromatic N) is 1. The Kier molecular flexibility index (Phi) is 5.44. The Balaban J connectivity index is 1.86. The Labute approximate surface area is 173 Å². The Morgan fingerprint density at radius 2 is 1.79 bits per heavy atom. The SMILES string of the molecule is CC1(C)CS(=O)(=O)N(c2ccc(Cl)c(C(=O)NCc3ccc(Cl)cc3)c2)C1=O. The normalized spacial score (nSPS) is 17.6. The van der Waals surface area contributed by atoms with Gasteiger partial charge in [-0.2, -0.15) is 0 Å². The van der Waals surface area contributed by atoms with E-state index in [1.807, 2.05) is 0 Å². The summed E-state index contributed by atoms with van der Waals surface area (Å²) in [4.78, 5) is 25.1. The summed E-state index contributed by atoms with van der Waals surface area (Å²) >= 11 is 12.0. The summed E-state index contributed by atoms with van der Waals surface area (Å²) in [5.41, 5.74) is -0.0170. The number of hydrogen-bond acceptors (Lipinski definition) is 4. The van der Waals surface area contributed by atoms with Crippen LogP contribution in [-0.2, 0) is 21.4 Å². The molecule has 1 fully saturated rings. The van der Waals surface area contributed by atoms with Crippen LogP contribution in [0.5, 0.6) is 0 Å². The molecule has 28 heavy (non-hydrogen) atoms. The first kappa shape index (κ1) is 20.6. The molecule has 6 nitrogen and oxygen atoms in total. The largest absolute Gasteiger partial charge is 0.348 e. The number of anilines is 1. The standard InChI is InChI=1S/C19H18Cl2N2O4S/c1-19(2)11-28(26,27)23(18(19)25)14-7-8-16(21)15(9-14)17(24)22-10-12-3-5-13(20)6-4-12/h3-9H,10-11H2,1-2H3,(H,22,24). The van der Waals surface area contributed by atoms with Crippen LogP contribution in [-0.4, -0.2) is 26.0 Å². The van der Waals surface area contributed by atoms with Crippen LogP contribution >= 0.6 is 23.2 Å². The molecule has 9 heteroatoms. The Morgan fingerprint density at radius 3 is 2.36 bits per heavy atom. The van der Waals surface area contributed by atoms with Gasteiger partial charge in [-0.15, -0.1) is 0 Å². The summed E-state index contributed by atoms with van der Waals surface area (Å²) < 4.78 is 25.7. The van der Waals surface area contributed by atoms with Gasteiger partial charge in [0, 0.05) is 11.6 Å². The number of benzene rings is 2. The fourth-order valence-corrected chi connectivity index (χ4v) is 5.38. The van der Waals surface area contributed by atoms with Crippen LogP contribution in [0.25, 0.3) is 0 Å². The molecule has 1 heterocycles. The highest BCUT2D eigenvalue weighted by Crippen LogP contribution is 2.36. The zero-order chi connectivity index (χ0) is 20.7. The lowest BCUT2D eigenvalue weighted by molar-refractivity contribution is -0.123. The van der Waals surface area contributed by atoms with Gasteiger partial charge in [-0.3, -0.25) is 9.59 Å². The van der Waals surface area contributed by atoms with Crippen LogP contribution in [0.15, 0.2) is 42.5 Å². The zero-order valence-electron chi connectivity index (χ0n) is 15.2. The van der Waals surface area contributed by atoms with Crippen molar-refractivity contribution in [1.29, 1.82) is 0 Å². The molecule has 0 radical (unpaired) electrons. The molecule has 2 aromatic carbocycles. The Morgan fingerprint density at radius 1 is 1.14 bits per heavy atom. The van der Waals surface area contributed by atoms with Crippen LogP contribution in [0.3, 0.4) is 0 Å². The van der Waals surface area contributed by atoms with Gasteiger partial charge in [0.1, 0.15) is 0 Å². The molecule has 2 amide bonds. The fourth-order valence-electron chi connectivity index (χ4n) is 2.95. The summed E-state index contributed by atoms with van der Waals surface area (Å²) in [5.74, 6) is -1.31. The number of sulfonamides is 1. The number of halogens is 2. The Hall–Kier alpha value is -2.09. The number of rotatable bonds is 4. The smallest absolute Gasteiger partial charge is 0.253 e. The molecule has 2 aromatic rings. The van der Waals surface area contributed by atoms with Crippen LogP contribution < -0.4 is 9.62 Å². The molecule has 0 saturated carbocycles. The average molecular weight is 441 g/mol. The molecule has 3 rings (SSSR count). The molecule has 1 saturated heterocycles. The molecule has 1 aliphatic heterocycles. The first-order chi connectivity index (χ1) is 13.0. The first-order valence-corrected chi connectivity index (χ1v) is 10.8. The fraction of sp³-hybridized carbons (Fsp3) is 0.263.